The van der Waals surface area contributed by atoms with E-state index in [4.69, 9.17) is 37.0 Å². The van der Waals surface area contributed by atoms with Crippen LogP contribution in [0.2, 0.25) is 0 Å². The van der Waals surface area contributed by atoms with Gasteiger partial charge in [0.25, 0.3) is 0 Å². The molecule has 582 valence electrons. The smallest absolute Gasteiger partial charge is 0.462 e. The monoisotopic (exact) mass is 1440 g/mol. The van der Waals surface area contributed by atoms with E-state index in [1.165, 1.54) is 218 Å². The largest absolute Gasteiger partial charge is 0.472 e. The molecular formula is C79H154O17P2. The van der Waals surface area contributed by atoms with E-state index in [9.17, 15) is 43.2 Å². The molecular weight excluding hydrogens is 1280 g/mol. The predicted molar refractivity (Wildman–Crippen MR) is 400 cm³/mol. The maximum absolute atomic E-state index is 13.1. The Morgan fingerprint density at radius 2 is 0.469 bits per heavy atom. The summed E-state index contributed by atoms with van der Waals surface area (Å²) in [4.78, 5) is 72.8. The molecule has 0 fully saturated rings. The number of unbranched alkanes of at least 4 members (excludes halogenated alkanes) is 48. The Balaban J connectivity index is 5.17. The van der Waals surface area contributed by atoms with Gasteiger partial charge in [-0.25, -0.2) is 9.13 Å². The van der Waals surface area contributed by atoms with Gasteiger partial charge in [0.15, 0.2) is 12.2 Å². The van der Waals surface area contributed by atoms with Gasteiger partial charge < -0.3 is 33.8 Å². The SMILES string of the molecule is CCCCCCCCCCCCCCCCCCCCCCCC(=O)O[C@H](COC(=O)CCCCCCCCCCCCCCC(C)C)COP(=O)(O)OC[C@@H](O)COP(=O)(O)OC[C@@H](COC(=O)CCCCCCCCC)OC(=O)CCCCCCCCCCCCCCC(C)C. The molecule has 5 atom stereocenters. The highest BCUT2D eigenvalue weighted by molar-refractivity contribution is 7.47. The molecule has 2 unspecified atom stereocenters. The molecule has 0 aliphatic heterocycles. The van der Waals surface area contributed by atoms with Crippen LogP contribution in [0.5, 0.6) is 0 Å². The molecule has 0 aromatic rings. The van der Waals surface area contributed by atoms with E-state index in [0.717, 1.165) is 115 Å². The second-order valence-electron chi connectivity index (χ2n) is 29.4. The third-order valence-corrected chi connectivity index (χ3v) is 20.4. The lowest BCUT2D eigenvalue weighted by molar-refractivity contribution is -0.161. The summed E-state index contributed by atoms with van der Waals surface area (Å²) in [6.45, 7) is 9.60. The van der Waals surface area contributed by atoms with Gasteiger partial charge in [-0.15, -0.1) is 0 Å². The van der Waals surface area contributed by atoms with Crippen molar-refractivity contribution in [3.8, 4) is 0 Å². The molecule has 0 aliphatic rings. The molecule has 0 aromatic heterocycles. The highest BCUT2D eigenvalue weighted by Crippen LogP contribution is 2.45. The van der Waals surface area contributed by atoms with Crippen LogP contribution >= 0.6 is 15.6 Å². The third-order valence-electron chi connectivity index (χ3n) is 18.5. The zero-order chi connectivity index (χ0) is 72.1. The maximum atomic E-state index is 13.1. The van der Waals surface area contributed by atoms with Crippen molar-refractivity contribution in [3.05, 3.63) is 0 Å². The second kappa shape index (κ2) is 70.7. The van der Waals surface area contributed by atoms with Crippen molar-refractivity contribution < 1.29 is 80.2 Å². The molecule has 0 heterocycles. The summed E-state index contributed by atoms with van der Waals surface area (Å²) in [5, 5.41) is 10.6. The average molecular weight is 1440 g/mol. The van der Waals surface area contributed by atoms with Crippen LogP contribution in [0, 0.1) is 11.8 Å². The molecule has 0 aliphatic carbocycles. The van der Waals surface area contributed by atoms with Crippen LogP contribution in [0.25, 0.3) is 0 Å². The van der Waals surface area contributed by atoms with Crippen LogP contribution in [-0.2, 0) is 65.4 Å². The van der Waals surface area contributed by atoms with Crippen molar-refractivity contribution in [1.82, 2.24) is 0 Å². The van der Waals surface area contributed by atoms with E-state index in [1.54, 1.807) is 0 Å². The normalized spacial score (nSPS) is 13.9. The number of aliphatic hydroxyl groups excluding tert-OH is 1. The number of esters is 4. The van der Waals surface area contributed by atoms with Gasteiger partial charge in [0.2, 0.25) is 0 Å². The van der Waals surface area contributed by atoms with Gasteiger partial charge in [0.1, 0.15) is 19.3 Å². The minimum absolute atomic E-state index is 0.107. The Morgan fingerprint density at radius 3 is 0.694 bits per heavy atom. The van der Waals surface area contributed by atoms with Crippen molar-refractivity contribution in [2.45, 2.75) is 432 Å². The number of phosphoric acid groups is 2. The topological polar surface area (TPSA) is 237 Å². The molecule has 0 spiro atoms. The fraction of sp³-hybridized carbons (Fsp3) is 0.949. The summed E-state index contributed by atoms with van der Waals surface area (Å²) >= 11 is 0. The van der Waals surface area contributed by atoms with Gasteiger partial charge in [0.05, 0.1) is 26.4 Å². The summed E-state index contributed by atoms with van der Waals surface area (Å²) in [6, 6.07) is 0. The standard InChI is InChI=1S/C79H154O17P2/c1-7-9-11-13-15-16-17-18-19-20-21-22-23-24-25-26-34-39-45-51-57-63-79(84)96-75(68-90-77(82)62-56-50-44-38-33-29-27-31-36-42-47-53-59-71(3)4)70-94-98(87,88)92-66-73(80)65-91-97(85,86)93-69-74(67-89-76(81)61-55-49-41-14-12-10-8-2)95-78(83)64-58-52-46-40-35-30-28-32-37-43-48-54-60-72(5)6/h71-75,80H,7-70H2,1-6H3,(H,85,86)(H,87,88)/t73-,74+,75+/m0/s1. The van der Waals surface area contributed by atoms with E-state index in [1.807, 2.05) is 0 Å². The first-order valence-electron chi connectivity index (χ1n) is 41.0. The van der Waals surface area contributed by atoms with Gasteiger partial charge >= 0.3 is 39.5 Å². The van der Waals surface area contributed by atoms with Crippen LogP contribution in [0.1, 0.15) is 414 Å². The average Bonchev–Trinajstić information content (AvgIpc) is 1.14. The summed E-state index contributed by atoms with van der Waals surface area (Å²) in [5.41, 5.74) is 0. The summed E-state index contributed by atoms with van der Waals surface area (Å²) in [7, 11) is -9.91. The molecule has 0 amide bonds. The lowest BCUT2D eigenvalue weighted by Crippen LogP contribution is -2.30. The number of hydrogen-bond acceptors (Lipinski definition) is 15. The van der Waals surface area contributed by atoms with Gasteiger partial charge in [-0.1, -0.05) is 363 Å². The number of rotatable bonds is 78. The van der Waals surface area contributed by atoms with Crippen LogP contribution in [-0.4, -0.2) is 96.7 Å². The van der Waals surface area contributed by atoms with Crippen LogP contribution in [0.15, 0.2) is 0 Å². The fourth-order valence-electron chi connectivity index (χ4n) is 12.2. The Labute approximate surface area is 600 Å². The highest BCUT2D eigenvalue weighted by Gasteiger charge is 2.30. The molecule has 0 radical (unpaired) electrons. The quantitative estimate of drug-likeness (QED) is 0.0222. The van der Waals surface area contributed by atoms with E-state index < -0.39 is 97.5 Å². The van der Waals surface area contributed by atoms with Gasteiger partial charge in [0, 0.05) is 25.7 Å². The van der Waals surface area contributed by atoms with Crippen LogP contribution in [0.4, 0.5) is 0 Å². The van der Waals surface area contributed by atoms with Gasteiger partial charge in [-0.2, -0.15) is 0 Å². The lowest BCUT2D eigenvalue weighted by atomic mass is 10.0. The van der Waals surface area contributed by atoms with E-state index in [-0.39, 0.29) is 25.7 Å². The summed E-state index contributed by atoms with van der Waals surface area (Å²) in [6.07, 6.45) is 59.9. The molecule has 0 saturated heterocycles. The molecule has 98 heavy (non-hydrogen) atoms. The lowest BCUT2D eigenvalue weighted by Gasteiger charge is -2.21. The number of carbonyl (C=O) groups is 4. The predicted octanol–water partition coefficient (Wildman–Crippen LogP) is 23.5. The summed E-state index contributed by atoms with van der Waals surface area (Å²) < 4.78 is 68.5. The van der Waals surface area contributed by atoms with Crippen molar-refractivity contribution in [2.24, 2.45) is 11.8 Å². The van der Waals surface area contributed by atoms with Gasteiger partial charge in [-0.3, -0.25) is 37.3 Å². The Bertz CT molecular complexity index is 1890. The highest BCUT2D eigenvalue weighted by atomic mass is 31.2. The summed E-state index contributed by atoms with van der Waals surface area (Å²) in [5.74, 6) is -0.558. The van der Waals surface area contributed by atoms with Crippen molar-refractivity contribution in [3.63, 3.8) is 0 Å². The third kappa shape index (κ3) is 72.4. The minimum atomic E-state index is -4.96. The first-order chi connectivity index (χ1) is 47.4. The zero-order valence-electron chi connectivity index (χ0n) is 64.1. The van der Waals surface area contributed by atoms with E-state index >= 15 is 0 Å². The molecule has 0 rings (SSSR count). The molecule has 19 heteroatoms. The molecule has 0 saturated carbocycles. The second-order valence-corrected chi connectivity index (χ2v) is 32.3. The van der Waals surface area contributed by atoms with E-state index in [2.05, 4.69) is 41.5 Å². The zero-order valence-corrected chi connectivity index (χ0v) is 65.9. The number of ether oxygens (including phenoxy) is 4. The fourth-order valence-corrected chi connectivity index (χ4v) is 13.8. The van der Waals surface area contributed by atoms with Crippen molar-refractivity contribution in [1.29, 1.82) is 0 Å². The number of hydrogen-bond donors (Lipinski definition) is 3. The molecule has 0 aromatic carbocycles. The molecule has 17 nitrogen and oxygen atoms in total. The maximum Gasteiger partial charge on any atom is 0.472 e. The first kappa shape index (κ1) is 96.1. The van der Waals surface area contributed by atoms with Crippen molar-refractivity contribution >= 4 is 39.5 Å². The first-order valence-corrected chi connectivity index (χ1v) is 44.0. The molecule has 3 N–H and O–H groups in total. The number of phosphoric ester groups is 2. The Morgan fingerprint density at radius 1 is 0.276 bits per heavy atom. The van der Waals surface area contributed by atoms with E-state index in [0.29, 0.717) is 25.7 Å². The number of carbonyl (C=O) groups excluding carboxylic acids is 4. The van der Waals surface area contributed by atoms with Crippen molar-refractivity contribution in [2.75, 3.05) is 39.6 Å². The Kier molecular flexibility index (Phi) is 69.3. The van der Waals surface area contributed by atoms with Crippen LogP contribution < -0.4 is 0 Å². The number of aliphatic hydroxyl groups is 1. The minimum Gasteiger partial charge on any atom is -0.462 e. The van der Waals surface area contributed by atoms with Crippen LogP contribution in [0.3, 0.4) is 0 Å². The Hall–Kier alpha value is -1.94. The van der Waals surface area contributed by atoms with Gasteiger partial charge in [-0.05, 0) is 37.5 Å². The molecule has 0 bridgehead atoms.